The number of hydrogen-bond donors (Lipinski definition) is 1. The smallest absolute Gasteiger partial charge is 0.259 e. The van der Waals surface area contributed by atoms with E-state index < -0.39 is 6.10 Å². The van der Waals surface area contributed by atoms with Crippen LogP contribution in [0.3, 0.4) is 0 Å². The fourth-order valence-electron chi connectivity index (χ4n) is 1.81. The van der Waals surface area contributed by atoms with Crippen LogP contribution < -0.4 is 5.32 Å². The van der Waals surface area contributed by atoms with Gasteiger partial charge in [-0.25, -0.2) is 0 Å². The quantitative estimate of drug-likeness (QED) is 0.889. The van der Waals surface area contributed by atoms with Gasteiger partial charge in [0.1, 0.15) is 5.01 Å². The maximum Gasteiger partial charge on any atom is 0.259 e. The van der Waals surface area contributed by atoms with Crippen LogP contribution in [0.4, 0.5) is 5.13 Å². The molecule has 1 atom stereocenters. The lowest BCUT2D eigenvalue weighted by molar-refractivity contribution is -0.126. The van der Waals surface area contributed by atoms with E-state index in [0.717, 1.165) is 23.4 Å². The lowest BCUT2D eigenvalue weighted by atomic mass is 10.1. The Kier molecular flexibility index (Phi) is 5.20. The summed E-state index contributed by atoms with van der Waals surface area (Å²) in [4.78, 5) is 12.2. The molecule has 20 heavy (non-hydrogen) atoms. The molecule has 0 fully saturated rings. The first-order valence-corrected chi connectivity index (χ1v) is 7.27. The highest BCUT2D eigenvalue weighted by molar-refractivity contribution is 7.15. The van der Waals surface area contributed by atoms with Crippen molar-refractivity contribution in [3.05, 3.63) is 40.9 Å². The number of hydrogen-bond acceptors (Lipinski definition) is 5. The zero-order chi connectivity index (χ0) is 14.4. The maximum atomic E-state index is 12.2. The molecule has 1 aromatic carbocycles. The Morgan fingerprint density at radius 3 is 2.75 bits per heavy atom. The lowest BCUT2D eigenvalue weighted by Crippen LogP contribution is -2.22. The van der Waals surface area contributed by atoms with E-state index >= 15 is 0 Å². The normalized spacial score (nSPS) is 12.1. The van der Waals surface area contributed by atoms with Crippen molar-refractivity contribution in [3.63, 3.8) is 0 Å². The Morgan fingerprint density at radius 1 is 1.35 bits per heavy atom. The van der Waals surface area contributed by atoms with Crippen LogP contribution in [0.1, 0.15) is 30.0 Å². The van der Waals surface area contributed by atoms with Crippen molar-refractivity contribution in [3.8, 4) is 0 Å². The van der Waals surface area contributed by atoms with Gasteiger partial charge in [-0.15, -0.1) is 10.2 Å². The van der Waals surface area contributed by atoms with Gasteiger partial charge in [-0.3, -0.25) is 10.1 Å². The number of anilines is 1. The summed E-state index contributed by atoms with van der Waals surface area (Å²) in [6, 6.07) is 9.36. The van der Waals surface area contributed by atoms with E-state index in [9.17, 15) is 4.79 Å². The Balaban J connectivity index is 2.05. The number of aryl methyl sites for hydroxylation is 1. The molecule has 0 aliphatic heterocycles. The van der Waals surface area contributed by atoms with E-state index in [1.54, 1.807) is 0 Å². The molecule has 1 amide bonds. The van der Waals surface area contributed by atoms with Crippen molar-refractivity contribution in [1.82, 2.24) is 10.2 Å². The number of amides is 1. The molecule has 1 aromatic heterocycles. The SMILES string of the molecule is CCCc1nnc(NC(=O)[C@H](OC)c2ccccc2)s1. The van der Waals surface area contributed by atoms with E-state index in [2.05, 4.69) is 22.4 Å². The van der Waals surface area contributed by atoms with Crippen LogP contribution in [-0.4, -0.2) is 23.2 Å². The van der Waals surface area contributed by atoms with Crippen molar-refractivity contribution in [2.75, 3.05) is 12.4 Å². The van der Waals surface area contributed by atoms with Gasteiger partial charge in [0.15, 0.2) is 6.10 Å². The van der Waals surface area contributed by atoms with Gasteiger partial charge in [0.05, 0.1) is 0 Å². The fourth-order valence-corrected chi connectivity index (χ4v) is 2.66. The number of nitrogens with one attached hydrogen (secondary N) is 1. The molecule has 0 unspecified atom stereocenters. The number of carbonyl (C=O) groups excluding carboxylic acids is 1. The number of carbonyl (C=O) groups is 1. The fraction of sp³-hybridized carbons (Fsp3) is 0.357. The van der Waals surface area contributed by atoms with Gasteiger partial charge in [0.2, 0.25) is 5.13 Å². The molecule has 6 heteroatoms. The van der Waals surface area contributed by atoms with Gasteiger partial charge in [0.25, 0.3) is 5.91 Å². The van der Waals surface area contributed by atoms with Crippen LogP contribution in [0.5, 0.6) is 0 Å². The average Bonchev–Trinajstić information content (AvgIpc) is 2.88. The van der Waals surface area contributed by atoms with E-state index in [0.29, 0.717) is 5.13 Å². The van der Waals surface area contributed by atoms with Gasteiger partial charge in [0, 0.05) is 13.5 Å². The first kappa shape index (κ1) is 14.6. The molecule has 0 spiro atoms. The Hall–Kier alpha value is -1.79. The first-order chi connectivity index (χ1) is 9.74. The number of methoxy groups -OCH3 is 1. The highest BCUT2D eigenvalue weighted by Gasteiger charge is 2.21. The van der Waals surface area contributed by atoms with E-state index in [4.69, 9.17) is 4.74 Å². The van der Waals surface area contributed by atoms with Crippen molar-refractivity contribution >= 4 is 22.4 Å². The summed E-state index contributed by atoms with van der Waals surface area (Å²) in [6.07, 6.45) is 1.24. The maximum absolute atomic E-state index is 12.2. The zero-order valence-electron chi connectivity index (χ0n) is 11.5. The molecular weight excluding hydrogens is 274 g/mol. The van der Waals surface area contributed by atoms with Crippen LogP contribution >= 0.6 is 11.3 Å². The molecule has 2 rings (SSSR count). The molecule has 0 aliphatic carbocycles. The Morgan fingerprint density at radius 2 is 2.10 bits per heavy atom. The zero-order valence-corrected chi connectivity index (χ0v) is 12.3. The summed E-state index contributed by atoms with van der Waals surface area (Å²) in [5.74, 6) is -0.238. The number of nitrogens with zero attached hydrogens (tertiary/aromatic N) is 2. The molecule has 0 radical (unpaired) electrons. The molecule has 0 aliphatic rings. The molecule has 0 saturated heterocycles. The number of aromatic nitrogens is 2. The molecule has 2 aromatic rings. The third kappa shape index (κ3) is 3.61. The van der Waals surface area contributed by atoms with Crippen LogP contribution in [0.15, 0.2) is 30.3 Å². The van der Waals surface area contributed by atoms with E-state index in [1.807, 2.05) is 30.3 Å². The second-order valence-corrected chi connectivity index (χ2v) is 5.33. The molecule has 106 valence electrons. The van der Waals surface area contributed by atoms with Crippen molar-refractivity contribution < 1.29 is 9.53 Å². The van der Waals surface area contributed by atoms with Crippen LogP contribution in [0, 0.1) is 0 Å². The Labute approximate surface area is 122 Å². The summed E-state index contributed by atoms with van der Waals surface area (Å²) in [5, 5.41) is 12.2. The summed E-state index contributed by atoms with van der Waals surface area (Å²) in [5.41, 5.74) is 0.811. The summed E-state index contributed by atoms with van der Waals surface area (Å²) in [6.45, 7) is 2.08. The first-order valence-electron chi connectivity index (χ1n) is 6.45. The van der Waals surface area contributed by atoms with Crippen molar-refractivity contribution in [1.29, 1.82) is 0 Å². The third-order valence-electron chi connectivity index (χ3n) is 2.74. The predicted octanol–water partition coefficient (Wildman–Crippen LogP) is 2.82. The van der Waals surface area contributed by atoms with E-state index in [-0.39, 0.29) is 5.91 Å². The minimum Gasteiger partial charge on any atom is -0.367 e. The largest absolute Gasteiger partial charge is 0.367 e. The van der Waals surface area contributed by atoms with Crippen LogP contribution in [-0.2, 0) is 16.0 Å². The minimum atomic E-state index is -0.644. The number of rotatable bonds is 6. The minimum absolute atomic E-state index is 0.238. The standard InChI is InChI=1S/C14H17N3O2S/c1-3-7-11-16-17-14(20-11)15-13(18)12(19-2)10-8-5-4-6-9-10/h4-6,8-9,12H,3,7H2,1-2H3,(H,15,17,18)/t12-/m1/s1. The van der Waals surface area contributed by atoms with Crippen molar-refractivity contribution in [2.24, 2.45) is 0 Å². The Bertz CT molecular complexity index is 557. The monoisotopic (exact) mass is 291 g/mol. The number of ether oxygens (including phenoxy) is 1. The molecule has 5 nitrogen and oxygen atoms in total. The summed E-state index contributed by atoms with van der Waals surface area (Å²) < 4.78 is 5.27. The molecule has 0 saturated carbocycles. The topological polar surface area (TPSA) is 64.1 Å². The number of benzene rings is 1. The molecular formula is C14H17N3O2S. The average molecular weight is 291 g/mol. The molecule has 1 N–H and O–H groups in total. The van der Waals surface area contributed by atoms with Gasteiger partial charge in [-0.05, 0) is 12.0 Å². The van der Waals surface area contributed by atoms with Gasteiger partial charge in [-0.2, -0.15) is 0 Å². The molecule has 1 heterocycles. The predicted molar refractivity (Wildman–Crippen MR) is 78.7 cm³/mol. The van der Waals surface area contributed by atoms with Crippen molar-refractivity contribution in [2.45, 2.75) is 25.9 Å². The van der Waals surface area contributed by atoms with Gasteiger partial charge in [-0.1, -0.05) is 48.6 Å². The van der Waals surface area contributed by atoms with Crippen LogP contribution in [0.25, 0.3) is 0 Å². The third-order valence-corrected chi connectivity index (χ3v) is 3.64. The van der Waals surface area contributed by atoms with Gasteiger partial charge >= 0.3 is 0 Å². The summed E-state index contributed by atoms with van der Waals surface area (Å²) in [7, 11) is 1.51. The highest BCUT2D eigenvalue weighted by atomic mass is 32.1. The van der Waals surface area contributed by atoms with Gasteiger partial charge < -0.3 is 4.74 Å². The lowest BCUT2D eigenvalue weighted by Gasteiger charge is -2.14. The summed E-state index contributed by atoms with van der Waals surface area (Å²) >= 11 is 1.40. The highest BCUT2D eigenvalue weighted by Crippen LogP contribution is 2.21. The second-order valence-electron chi connectivity index (χ2n) is 4.27. The second kappa shape index (κ2) is 7.12. The molecule has 0 bridgehead atoms. The van der Waals surface area contributed by atoms with Crippen LogP contribution in [0.2, 0.25) is 0 Å². The van der Waals surface area contributed by atoms with E-state index in [1.165, 1.54) is 18.4 Å².